The Morgan fingerprint density at radius 3 is 2.33 bits per heavy atom. The first-order valence-corrected chi connectivity index (χ1v) is 7.27. The second kappa shape index (κ2) is 6.66. The van der Waals surface area contributed by atoms with Crippen molar-refractivity contribution in [1.29, 1.82) is 0 Å². The SMILES string of the molecule is COC(=O)C1=CC(=O)N(c2ccc(C(F)(F)F)cc2Cl)C1=C(Cl)Cl. The molecule has 0 fully saturated rings. The van der Waals surface area contributed by atoms with E-state index in [4.69, 9.17) is 34.8 Å². The highest BCUT2D eigenvalue weighted by Gasteiger charge is 2.37. The minimum atomic E-state index is -4.60. The van der Waals surface area contributed by atoms with Gasteiger partial charge in [-0.05, 0) is 18.2 Å². The van der Waals surface area contributed by atoms with Crippen LogP contribution in [0, 0.1) is 0 Å². The Kier molecular flexibility index (Phi) is 5.17. The summed E-state index contributed by atoms with van der Waals surface area (Å²) in [7, 11) is 1.08. The van der Waals surface area contributed by atoms with Crippen molar-refractivity contribution in [3.63, 3.8) is 0 Å². The van der Waals surface area contributed by atoms with E-state index in [0.29, 0.717) is 6.07 Å². The predicted molar refractivity (Wildman–Crippen MR) is 82.8 cm³/mol. The molecule has 1 aliphatic heterocycles. The summed E-state index contributed by atoms with van der Waals surface area (Å²) in [6.07, 6.45) is -3.70. The number of ether oxygens (including phenoxy) is 1. The molecule has 0 aromatic heterocycles. The predicted octanol–water partition coefficient (Wildman–Crippen LogP) is 4.45. The molecule has 0 saturated heterocycles. The van der Waals surface area contributed by atoms with Crippen LogP contribution in [0.4, 0.5) is 18.9 Å². The quantitative estimate of drug-likeness (QED) is 0.689. The first kappa shape index (κ1) is 18.6. The summed E-state index contributed by atoms with van der Waals surface area (Å²) >= 11 is 17.3. The molecule has 0 radical (unpaired) electrons. The number of hydrogen-bond donors (Lipinski definition) is 0. The Labute approximate surface area is 149 Å². The number of amides is 1. The van der Waals surface area contributed by atoms with Crippen molar-refractivity contribution in [1.82, 2.24) is 0 Å². The summed E-state index contributed by atoms with van der Waals surface area (Å²) < 4.78 is 42.2. The molecule has 0 atom stereocenters. The van der Waals surface area contributed by atoms with Gasteiger partial charge in [0.25, 0.3) is 5.91 Å². The summed E-state index contributed by atoms with van der Waals surface area (Å²) in [5.41, 5.74) is -1.57. The first-order chi connectivity index (χ1) is 11.1. The fourth-order valence-electron chi connectivity index (χ4n) is 2.04. The van der Waals surface area contributed by atoms with Crippen LogP contribution >= 0.6 is 34.8 Å². The minimum absolute atomic E-state index is 0.112. The van der Waals surface area contributed by atoms with Crippen LogP contribution in [0.15, 0.2) is 40.0 Å². The Bertz CT molecular complexity index is 783. The van der Waals surface area contributed by atoms with Gasteiger partial charge in [-0.3, -0.25) is 9.69 Å². The fourth-order valence-corrected chi connectivity index (χ4v) is 2.68. The number of rotatable bonds is 2. The number of nitrogens with zero attached hydrogens (tertiary/aromatic N) is 1. The highest BCUT2D eigenvalue weighted by molar-refractivity contribution is 6.57. The molecule has 0 N–H and O–H groups in total. The molecular formula is C14H7Cl3F3NO3. The zero-order valence-electron chi connectivity index (χ0n) is 11.7. The first-order valence-electron chi connectivity index (χ1n) is 6.14. The van der Waals surface area contributed by atoms with Crippen molar-refractivity contribution in [2.24, 2.45) is 0 Å². The number of carbonyl (C=O) groups is 2. The van der Waals surface area contributed by atoms with Crippen molar-refractivity contribution < 1.29 is 27.5 Å². The van der Waals surface area contributed by atoms with Crippen LogP contribution in [0.1, 0.15) is 5.56 Å². The normalized spacial score (nSPS) is 14.8. The Morgan fingerprint density at radius 1 is 1.25 bits per heavy atom. The lowest BCUT2D eigenvalue weighted by Crippen LogP contribution is -2.25. The van der Waals surface area contributed by atoms with Gasteiger partial charge in [0, 0.05) is 6.08 Å². The van der Waals surface area contributed by atoms with Crippen LogP contribution in [0.2, 0.25) is 5.02 Å². The summed E-state index contributed by atoms with van der Waals surface area (Å²) in [4.78, 5) is 24.7. The Morgan fingerprint density at radius 2 is 1.88 bits per heavy atom. The largest absolute Gasteiger partial charge is 0.465 e. The van der Waals surface area contributed by atoms with Gasteiger partial charge in [-0.25, -0.2) is 4.79 Å². The summed E-state index contributed by atoms with van der Waals surface area (Å²) in [5, 5.41) is -0.371. The van der Waals surface area contributed by atoms with Gasteiger partial charge in [0.05, 0.1) is 34.7 Å². The number of halogens is 6. The zero-order valence-corrected chi connectivity index (χ0v) is 14.0. The molecule has 0 bridgehead atoms. The van der Waals surface area contributed by atoms with Crippen molar-refractivity contribution in [3.8, 4) is 0 Å². The van der Waals surface area contributed by atoms with Gasteiger partial charge >= 0.3 is 12.1 Å². The van der Waals surface area contributed by atoms with Crippen molar-refractivity contribution in [2.45, 2.75) is 6.18 Å². The van der Waals surface area contributed by atoms with Crippen LogP contribution < -0.4 is 4.90 Å². The number of benzene rings is 1. The topological polar surface area (TPSA) is 46.6 Å². The minimum Gasteiger partial charge on any atom is -0.465 e. The van der Waals surface area contributed by atoms with Crippen LogP contribution in [-0.4, -0.2) is 19.0 Å². The van der Waals surface area contributed by atoms with Gasteiger partial charge in [-0.1, -0.05) is 34.8 Å². The van der Waals surface area contributed by atoms with E-state index in [-0.39, 0.29) is 22.0 Å². The van der Waals surface area contributed by atoms with Gasteiger partial charge in [-0.2, -0.15) is 13.2 Å². The molecule has 1 heterocycles. The fraction of sp³-hybridized carbons (Fsp3) is 0.143. The van der Waals surface area contributed by atoms with Gasteiger partial charge in [0.15, 0.2) is 0 Å². The van der Waals surface area contributed by atoms with E-state index in [0.717, 1.165) is 30.2 Å². The molecule has 1 aromatic carbocycles. The van der Waals surface area contributed by atoms with Crippen LogP contribution in [0.3, 0.4) is 0 Å². The van der Waals surface area contributed by atoms with Crippen molar-refractivity contribution >= 4 is 52.4 Å². The van der Waals surface area contributed by atoms with E-state index in [2.05, 4.69) is 4.74 Å². The van der Waals surface area contributed by atoms with E-state index >= 15 is 0 Å². The molecule has 10 heteroatoms. The molecule has 24 heavy (non-hydrogen) atoms. The number of hydrogen-bond acceptors (Lipinski definition) is 3. The second-order valence-corrected chi connectivity index (χ2v) is 5.85. The number of methoxy groups -OCH3 is 1. The van der Waals surface area contributed by atoms with Crippen LogP contribution in [0.5, 0.6) is 0 Å². The molecule has 1 amide bonds. The average molecular weight is 401 g/mol. The number of carbonyl (C=O) groups excluding carboxylic acids is 2. The molecule has 0 saturated carbocycles. The van der Waals surface area contributed by atoms with Crippen molar-refractivity contribution in [3.05, 3.63) is 50.6 Å². The monoisotopic (exact) mass is 399 g/mol. The van der Waals surface area contributed by atoms with Gasteiger partial charge in [0.2, 0.25) is 0 Å². The van der Waals surface area contributed by atoms with Crippen LogP contribution in [0.25, 0.3) is 0 Å². The molecule has 2 rings (SSSR count). The average Bonchev–Trinajstić information content (AvgIpc) is 2.83. The lowest BCUT2D eigenvalue weighted by Gasteiger charge is -2.21. The third-order valence-corrected chi connectivity index (χ3v) is 3.73. The maximum Gasteiger partial charge on any atom is 0.416 e. The molecule has 1 aromatic rings. The van der Waals surface area contributed by atoms with Gasteiger partial charge < -0.3 is 4.74 Å². The van der Waals surface area contributed by atoms with E-state index in [1.165, 1.54) is 0 Å². The summed E-state index contributed by atoms with van der Waals surface area (Å²) in [6.45, 7) is 0. The highest BCUT2D eigenvalue weighted by atomic mass is 35.5. The van der Waals surface area contributed by atoms with E-state index in [1.54, 1.807) is 0 Å². The molecule has 0 aliphatic carbocycles. The van der Waals surface area contributed by atoms with Gasteiger partial charge in [-0.15, -0.1) is 0 Å². The summed E-state index contributed by atoms with van der Waals surface area (Å²) in [5.74, 6) is -1.64. The lowest BCUT2D eigenvalue weighted by atomic mass is 10.1. The molecule has 1 aliphatic rings. The third kappa shape index (κ3) is 3.38. The Balaban J connectivity index is 2.55. The molecular weight excluding hydrogens is 394 g/mol. The maximum absolute atomic E-state index is 12.7. The maximum atomic E-state index is 12.7. The smallest absolute Gasteiger partial charge is 0.416 e. The molecule has 128 valence electrons. The van der Waals surface area contributed by atoms with Crippen molar-refractivity contribution in [2.75, 3.05) is 12.0 Å². The van der Waals surface area contributed by atoms with E-state index in [1.807, 2.05) is 0 Å². The molecule has 4 nitrogen and oxygen atoms in total. The lowest BCUT2D eigenvalue weighted by molar-refractivity contribution is -0.137. The third-order valence-electron chi connectivity index (χ3n) is 3.07. The van der Waals surface area contributed by atoms with Crippen LogP contribution in [-0.2, 0) is 20.5 Å². The standard InChI is InChI=1S/C14H7Cl3F3NO3/c1-24-13(23)7-5-10(22)21(11(7)12(16)17)9-3-2-6(4-8(9)15)14(18,19)20/h2-5H,1H3. The number of anilines is 1. The molecule has 0 spiro atoms. The summed E-state index contributed by atoms with van der Waals surface area (Å²) in [6, 6.07) is 2.37. The molecule has 0 unspecified atom stereocenters. The van der Waals surface area contributed by atoms with E-state index < -0.39 is 28.1 Å². The Hall–Kier alpha value is -1.70. The van der Waals surface area contributed by atoms with Gasteiger partial charge in [0.1, 0.15) is 4.49 Å². The second-order valence-electron chi connectivity index (χ2n) is 4.50. The zero-order chi connectivity index (χ0) is 18.2. The number of alkyl halides is 3. The van der Waals surface area contributed by atoms with E-state index in [9.17, 15) is 22.8 Å². The highest BCUT2D eigenvalue weighted by Crippen LogP contribution is 2.40. The number of esters is 1.